The van der Waals surface area contributed by atoms with Gasteiger partial charge >= 0.3 is 0 Å². The summed E-state index contributed by atoms with van der Waals surface area (Å²) in [5.41, 5.74) is 1.03. The average Bonchev–Trinajstić information content (AvgIpc) is 2.41. The van der Waals surface area contributed by atoms with Gasteiger partial charge in [0.2, 0.25) is 11.4 Å². The van der Waals surface area contributed by atoms with Crippen LogP contribution in [0.5, 0.6) is 0 Å². The van der Waals surface area contributed by atoms with Crippen LogP contribution in [0.2, 0.25) is 10.0 Å². The van der Waals surface area contributed by atoms with Gasteiger partial charge < -0.3 is 0 Å². The van der Waals surface area contributed by atoms with Gasteiger partial charge in [-0.3, -0.25) is 0 Å². The minimum absolute atomic E-state index is 0. The van der Waals surface area contributed by atoms with Crippen LogP contribution in [0.4, 0.5) is 11.4 Å². The maximum absolute atomic E-state index is 6.63. The van der Waals surface area contributed by atoms with Crippen molar-refractivity contribution in [2.75, 3.05) is 0 Å². The highest BCUT2D eigenvalue weighted by atomic mass is 35.5. The highest BCUT2D eigenvalue weighted by molar-refractivity contribution is 6.33. The molecule has 0 heterocycles. The van der Waals surface area contributed by atoms with E-state index in [9.17, 15) is 0 Å². The fourth-order valence-electron chi connectivity index (χ4n) is 1.08. The lowest BCUT2D eigenvalue weighted by atomic mass is 10.3. The first kappa shape index (κ1) is 20.9. The van der Waals surface area contributed by atoms with Gasteiger partial charge in [0.25, 0.3) is 0 Å². The quantitative estimate of drug-likeness (QED) is 0.473. The van der Waals surface area contributed by atoms with Gasteiger partial charge in [-0.2, -0.15) is 0 Å². The third kappa shape index (κ3) is 6.66. The number of nitrogens with zero attached hydrogens (tertiary/aromatic N) is 2. The van der Waals surface area contributed by atoms with Crippen molar-refractivity contribution in [1.82, 2.24) is 0 Å². The van der Waals surface area contributed by atoms with Crippen LogP contribution < -0.4 is 0 Å². The summed E-state index contributed by atoms with van der Waals surface area (Å²) in [6.07, 6.45) is 0. The molecule has 0 aliphatic rings. The van der Waals surface area contributed by atoms with Crippen LogP contribution in [0, 0.1) is 13.1 Å². The summed E-state index contributed by atoms with van der Waals surface area (Å²) in [4.78, 5) is 6.38. The summed E-state index contributed by atoms with van der Waals surface area (Å²) in [6.45, 7) is 13.3. The van der Waals surface area contributed by atoms with Crippen LogP contribution >= 0.6 is 48.0 Å². The zero-order chi connectivity index (χ0) is 13.4. The standard InChI is InChI=1S/2C7H4ClN.2ClH/c2*1-9-7-5-3-2-4-6(7)8;;/h2*2-5H;2*1H. The van der Waals surface area contributed by atoms with Crippen molar-refractivity contribution in [2.24, 2.45) is 0 Å². The lowest BCUT2D eigenvalue weighted by molar-refractivity contribution is 1.72. The second kappa shape index (κ2) is 11.4. The summed E-state index contributed by atoms with van der Waals surface area (Å²) < 4.78 is 0. The molecule has 0 atom stereocenters. The molecule has 0 saturated heterocycles. The van der Waals surface area contributed by atoms with Gasteiger partial charge in [-0.1, -0.05) is 71.7 Å². The van der Waals surface area contributed by atoms with Crippen molar-refractivity contribution in [3.05, 3.63) is 81.4 Å². The Balaban J connectivity index is 0. The summed E-state index contributed by atoms with van der Waals surface area (Å²) in [6, 6.07) is 14.0. The Kier molecular flexibility index (Phi) is 11.9. The van der Waals surface area contributed by atoms with E-state index in [2.05, 4.69) is 9.69 Å². The number of hydrogen-bond acceptors (Lipinski definition) is 0. The van der Waals surface area contributed by atoms with E-state index in [1.165, 1.54) is 0 Å². The van der Waals surface area contributed by atoms with E-state index in [1.807, 2.05) is 0 Å². The van der Waals surface area contributed by atoms with Crippen LogP contribution in [0.1, 0.15) is 0 Å². The van der Waals surface area contributed by atoms with E-state index in [-0.39, 0.29) is 24.8 Å². The normalized spacial score (nSPS) is 7.60. The smallest absolute Gasteiger partial charge is 0.205 e. The van der Waals surface area contributed by atoms with Crippen LogP contribution in [0.15, 0.2) is 48.5 Å². The largest absolute Gasteiger partial charge is 0.237 e. The summed E-state index contributed by atoms with van der Waals surface area (Å²) in [5, 5.41) is 1.04. The van der Waals surface area contributed by atoms with Gasteiger partial charge in [0.1, 0.15) is 0 Å². The van der Waals surface area contributed by atoms with E-state index >= 15 is 0 Å². The molecule has 0 amide bonds. The van der Waals surface area contributed by atoms with Crippen molar-refractivity contribution in [3.63, 3.8) is 0 Å². The van der Waals surface area contributed by atoms with Crippen LogP contribution in [-0.2, 0) is 0 Å². The Morgan fingerprint density at radius 3 is 1.15 bits per heavy atom. The maximum atomic E-state index is 6.63. The van der Waals surface area contributed by atoms with Crippen molar-refractivity contribution in [1.29, 1.82) is 0 Å². The van der Waals surface area contributed by atoms with E-state index in [0.717, 1.165) is 0 Å². The minimum Gasteiger partial charge on any atom is -0.237 e. The van der Waals surface area contributed by atoms with Gasteiger partial charge in [-0.15, -0.1) is 24.8 Å². The third-order valence-electron chi connectivity index (χ3n) is 1.95. The molecule has 2 rings (SSSR count). The summed E-state index contributed by atoms with van der Waals surface area (Å²) in [5.74, 6) is 0. The molecule has 0 radical (unpaired) electrons. The number of hydrogen-bond donors (Lipinski definition) is 0. The fourth-order valence-corrected chi connectivity index (χ4v) is 1.44. The number of halogens is 4. The number of benzene rings is 2. The van der Waals surface area contributed by atoms with Crippen molar-refractivity contribution in [3.8, 4) is 0 Å². The zero-order valence-corrected chi connectivity index (χ0v) is 13.2. The van der Waals surface area contributed by atoms with Gasteiger partial charge in [-0.25, -0.2) is 9.69 Å². The molecule has 104 valence electrons. The monoisotopic (exact) mass is 346 g/mol. The zero-order valence-electron chi connectivity index (χ0n) is 10.1. The van der Waals surface area contributed by atoms with Gasteiger partial charge in [0.15, 0.2) is 0 Å². The fraction of sp³-hybridized carbons (Fsp3) is 0. The molecular formula is C14H10Cl4N2. The minimum atomic E-state index is 0. The molecule has 0 bridgehead atoms. The van der Waals surface area contributed by atoms with E-state index < -0.39 is 0 Å². The van der Waals surface area contributed by atoms with Crippen molar-refractivity contribution < 1.29 is 0 Å². The van der Waals surface area contributed by atoms with Crippen LogP contribution in [-0.4, -0.2) is 0 Å². The first-order valence-corrected chi connectivity index (χ1v) is 5.68. The SMILES string of the molecule is Cl.Cl.[C-]#[N+]c1ccccc1Cl.[C-]#[N+]c1ccccc1Cl. The Bertz CT molecular complexity index is 560. The van der Waals surface area contributed by atoms with Gasteiger partial charge in [-0.05, 0) is 0 Å². The average molecular weight is 348 g/mol. The van der Waals surface area contributed by atoms with E-state index in [0.29, 0.717) is 21.4 Å². The van der Waals surface area contributed by atoms with Crippen molar-refractivity contribution >= 4 is 59.4 Å². The summed E-state index contributed by atoms with van der Waals surface area (Å²) >= 11 is 11.2. The molecule has 0 saturated carbocycles. The van der Waals surface area contributed by atoms with Crippen LogP contribution in [0.25, 0.3) is 9.69 Å². The molecule has 0 aliphatic carbocycles. The number of rotatable bonds is 0. The second-order valence-electron chi connectivity index (χ2n) is 3.13. The van der Waals surface area contributed by atoms with E-state index in [4.69, 9.17) is 36.3 Å². The van der Waals surface area contributed by atoms with Crippen molar-refractivity contribution in [2.45, 2.75) is 0 Å². The highest BCUT2D eigenvalue weighted by Gasteiger charge is 1.93. The second-order valence-corrected chi connectivity index (χ2v) is 3.94. The Morgan fingerprint density at radius 1 is 0.650 bits per heavy atom. The molecule has 2 nitrogen and oxygen atoms in total. The molecule has 0 unspecified atom stereocenters. The molecule has 20 heavy (non-hydrogen) atoms. The predicted molar refractivity (Wildman–Crippen MR) is 89.9 cm³/mol. The molecule has 0 aliphatic heterocycles. The molecule has 2 aromatic carbocycles. The molecule has 0 N–H and O–H groups in total. The Morgan fingerprint density at radius 2 is 0.950 bits per heavy atom. The first-order chi connectivity index (χ1) is 8.69. The molecular weight excluding hydrogens is 338 g/mol. The highest BCUT2D eigenvalue weighted by Crippen LogP contribution is 2.23. The first-order valence-electron chi connectivity index (χ1n) is 4.93. The Hall–Kier alpha value is -1.42. The maximum Gasteiger partial charge on any atom is 0.205 e. The summed E-state index contributed by atoms with van der Waals surface area (Å²) in [7, 11) is 0. The molecule has 0 aromatic heterocycles. The van der Waals surface area contributed by atoms with Crippen LogP contribution in [0.3, 0.4) is 0 Å². The molecule has 2 aromatic rings. The van der Waals surface area contributed by atoms with Gasteiger partial charge in [0.05, 0.1) is 13.1 Å². The van der Waals surface area contributed by atoms with Gasteiger partial charge in [0, 0.05) is 10.0 Å². The third-order valence-corrected chi connectivity index (χ3v) is 2.59. The Labute approximate surface area is 140 Å². The molecule has 0 fully saturated rings. The lowest BCUT2D eigenvalue weighted by Gasteiger charge is -1.88. The molecule has 0 spiro atoms. The predicted octanol–water partition coefficient (Wildman–Crippen LogP) is 6.63. The van der Waals surface area contributed by atoms with E-state index in [1.54, 1.807) is 48.5 Å². The molecule has 6 heteroatoms. The lowest BCUT2D eigenvalue weighted by Crippen LogP contribution is -1.60. The number of para-hydroxylation sites is 2. The topological polar surface area (TPSA) is 8.72 Å².